The number of carbonyl (C=O) groups excluding carboxylic acids is 1. The number of benzene rings is 2. The summed E-state index contributed by atoms with van der Waals surface area (Å²) in [5.74, 6) is 0.547. The number of aryl methyl sites for hydroxylation is 1. The first-order valence-corrected chi connectivity index (χ1v) is 10.3. The second kappa shape index (κ2) is 9.51. The molecule has 0 atom stereocenters. The van der Waals surface area contributed by atoms with Gasteiger partial charge in [-0.2, -0.15) is 0 Å². The second-order valence-electron chi connectivity index (χ2n) is 5.99. The van der Waals surface area contributed by atoms with Crippen molar-refractivity contribution < 1.29 is 32.2 Å². The molecule has 29 heavy (non-hydrogen) atoms. The number of anilines is 1. The third-order valence-corrected chi connectivity index (χ3v) is 5.94. The van der Waals surface area contributed by atoms with Crippen LogP contribution in [0.5, 0.6) is 17.2 Å². The first-order chi connectivity index (χ1) is 13.8. The Balaban J connectivity index is 2.64. The van der Waals surface area contributed by atoms with Crippen LogP contribution in [0.15, 0.2) is 41.3 Å². The maximum absolute atomic E-state index is 13.5. The number of ether oxygens (including phenoxy) is 4. The summed E-state index contributed by atoms with van der Waals surface area (Å²) in [6.07, 6.45) is 0. The van der Waals surface area contributed by atoms with Crippen molar-refractivity contribution in [3.63, 3.8) is 0 Å². The van der Waals surface area contributed by atoms with Gasteiger partial charge in [0.25, 0.3) is 10.0 Å². The molecule has 2 aromatic carbocycles. The summed E-state index contributed by atoms with van der Waals surface area (Å²) in [5.41, 5.74) is 0.802. The Morgan fingerprint density at radius 3 is 2.17 bits per heavy atom. The van der Waals surface area contributed by atoms with E-state index in [2.05, 4.69) is 0 Å². The maximum atomic E-state index is 13.5. The number of carbonyl (C=O) groups is 1. The van der Waals surface area contributed by atoms with Gasteiger partial charge in [0.1, 0.15) is 23.8 Å². The van der Waals surface area contributed by atoms with Crippen LogP contribution in [-0.4, -0.2) is 48.9 Å². The van der Waals surface area contributed by atoms with Crippen molar-refractivity contribution >= 4 is 21.7 Å². The number of hydrogen-bond acceptors (Lipinski definition) is 7. The Kier molecular flexibility index (Phi) is 7.33. The van der Waals surface area contributed by atoms with Crippen LogP contribution in [0, 0.1) is 6.92 Å². The molecule has 8 nitrogen and oxygen atoms in total. The van der Waals surface area contributed by atoms with Gasteiger partial charge in [-0.05, 0) is 49.7 Å². The predicted molar refractivity (Wildman–Crippen MR) is 108 cm³/mol. The van der Waals surface area contributed by atoms with Gasteiger partial charge in [-0.3, -0.25) is 9.10 Å². The lowest BCUT2D eigenvalue weighted by molar-refractivity contribution is -0.141. The summed E-state index contributed by atoms with van der Waals surface area (Å²) in [5, 5.41) is 0. The largest absolute Gasteiger partial charge is 0.497 e. The van der Waals surface area contributed by atoms with Crippen LogP contribution in [0.2, 0.25) is 0 Å². The summed E-state index contributed by atoms with van der Waals surface area (Å²) < 4.78 is 48.6. The second-order valence-corrected chi connectivity index (χ2v) is 7.85. The lowest BCUT2D eigenvalue weighted by Crippen LogP contribution is -2.37. The van der Waals surface area contributed by atoms with E-state index in [1.165, 1.54) is 39.5 Å². The third kappa shape index (κ3) is 4.92. The highest BCUT2D eigenvalue weighted by atomic mass is 32.2. The van der Waals surface area contributed by atoms with E-state index in [9.17, 15) is 13.2 Å². The Bertz CT molecular complexity index is 973. The van der Waals surface area contributed by atoms with Crippen molar-refractivity contribution in [1.29, 1.82) is 0 Å². The highest BCUT2D eigenvalue weighted by Crippen LogP contribution is 2.36. The maximum Gasteiger partial charge on any atom is 0.326 e. The van der Waals surface area contributed by atoms with E-state index in [4.69, 9.17) is 18.9 Å². The van der Waals surface area contributed by atoms with Crippen LogP contribution in [0.25, 0.3) is 0 Å². The highest BCUT2D eigenvalue weighted by molar-refractivity contribution is 7.92. The summed E-state index contributed by atoms with van der Waals surface area (Å²) >= 11 is 0. The summed E-state index contributed by atoms with van der Waals surface area (Å²) in [6.45, 7) is 2.99. The summed E-state index contributed by atoms with van der Waals surface area (Å²) in [4.78, 5) is 12.2. The highest BCUT2D eigenvalue weighted by Gasteiger charge is 2.30. The zero-order chi connectivity index (χ0) is 21.6. The average Bonchev–Trinajstić information content (AvgIpc) is 2.71. The number of nitrogens with zero attached hydrogens (tertiary/aromatic N) is 1. The van der Waals surface area contributed by atoms with Crippen LogP contribution in [0.3, 0.4) is 0 Å². The van der Waals surface area contributed by atoms with Crippen LogP contribution < -0.4 is 18.5 Å². The fourth-order valence-corrected chi connectivity index (χ4v) is 4.25. The van der Waals surface area contributed by atoms with E-state index < -0.39 is 22.5 Å². The number of hydrogen-bond donors (Lipinski definition) is 0. The van der Waals surface area contributed by atoms with Crippen molar-refractivity contribution in [2.75, 3.05) is 38.8 Å². The van der Waals surface area contributed by atoms with Crippen molar-refractivity contribution in [1.82, 2.24) is 0 Å². The molecule has 0 N–H and O–H groups in total. The third-order valence-electron chi connectivity index (χ3n) is 4.19. The molecule has 0 aliphatic carbocycles. The van der Waals surface area contributed by atoms with Crippen molar-refractivity contribution in [3.05, 3.63) is 42.0 Å². The summed E-state index contributed by atoms with van der Waals surface area (Å²) in [7, 11) is 0.249. The lowest BCUT2D eigenvalue weighted by atomic mass is 10.2. The van der Waals surface area contributed by atoms with E-state index in [-0.39, 0.29) is 22.9 Å². The molecule has 2 rings (SSSR count). The van der Waals surface area contributed by atoms with Gasteiger partial charge in [-0.1, -0.05) is 0 Å². The molecule has 0 spiro atoms. The fraction of sp³-hybridized carbons (Fsp3) is 0.350. The molecule has 158 valence electrons. The Hall–Kier alpha value is -2.94. The quantitative estimate of drug-likeness (QED) is 0.573. The van der Waals surface area contributed by atoms with Crippen LogP contribution in [0.4, 0.5) is 5.69 Å². The SMILES string of the molecule is CCOC(=O)CN(c1cc(OC)ccc1OC)S(=O)(=O)c1ccc(OC)c(C)c1. The van der Waals surface area contributed by atoms with E-state index in [0.29, 0.717) is 17.1 Å². The molecule has 2 aromatic rings. The first kappa shape index (κ1) is 22.4. The Labute approximate surface area is 171 Å². The van der Waals surface area contributed by atoms with Gasteiger partial charge in [-0.15, -0.1) is 0 Å². The van der Waals surface area contributed by atoms with Gasteiger partial charge >= 0.3 is 5.97 Å². The monoisotopic (exact) mass is 423 g/mol. The Morgan fingerprint density at radius 2 is 1.62 bits per heavy atom. The molecule has 9 heteroatoms. The predicted octanol–water partition coefficient (Wildman–Crippen LogP) is 2.78. The molecule has 0 aromatic heterocycles. The van der Waals surface area contributed by atoms with Gasteiger partial charge in [0.05, 0.1) is 38.5 Å². The molecule has 0 bridgehead atoms. The van der Waals surface area contributed by atoms with Crippen molar-refractivity contribution in [3.8, 4) is 17.2 Å². The molecule has 0 unspecified atom stereocenters. The van der Waals surface area contributed by atoms with Gasteiger partial charge in [0, 0.05) is 6.07 Å². The van der Waals surface area contributed by atoms with Gasteiger partial charge < -0.3 is 18.9 Å². The number of rotatable bonds is 9. The standard InChI is InChI=1S/C20H25NO7S/c1-6-28-20(22)13-21(17-12-15(25-3)7-9-19(17)27-5)29(23,24)16-8-10-18(26-4)14(2)11-16/h7-12H,6,13H2,1-5H3. The van der Waals surface area contributed by atoms with Crippen molar-refractivity contribution in [2.24, 2.45) is 0 Å². The van der Waals surface area contributed by atoms with Crippen molar-refractivity contribution in [2.45, 2.75) is 18.7 Å². The normalized spacial score (nSPS) is 10.9. The topological polar surface area (TPSA) is 91.4 Å². The molecule has 0 fully saturated rings. The number of esters is 1. The molecule has 0 saturated heterocycles. The van der Waals surface area contributed by atoms with Crippen LogP contribution in [-0.2, 0) is 19.6 Å². The van der Waals surface area contributed by atoms with Crippen LogP contribution in [0.1, 0.15) is 12.5 Å². The zero-order valence-electron chi connectivity index (χ0n) is 17.1. The minimum Gasteiger partial charge on any atom is -0.497 e. The molecule has 0 saturated carbocycles. The van der Waals surface area contributed by atoms with Gasteiger partial charge in [0.2, 0.25) is 0 Å². The van der Waals surface area contributed by atoms with E-state index in [1.54, 1.807) is 32.0 Å². The Morgan fingerprint density at radius 1 is 0.966 bits per heavy atom. The van der Waals surface area contributed by atoms with Crippen LogP contribution >= 0.6 is 0 Å². The fourth-order valence-electron chi connectivity index (χ4n) is 2.75. The molecule has 0 aliphatic rings. The van der Waals surface area contributed by atoms with E-state index in [1.807, 2.05) is 0 Å². The zero-order valence-corrected chi connectivity index (χ0v) is 17.9. The molecule has 0 aliphatic heterocycles. The van der Waals surface area contributed by atoms with Gasteiger partial charge in [0.15, 0.2) is 0 Å². The lowest BCUT2D eigenvalue weighted by Gasteiger charge is -2.26. The van der Waals surface area contributed by atoms with E-state index in [0.717, 1.165) is 4.31 Å². The molecule has 0 radical (unpaired) electrons. The molecule has 0 amide bonds. The summed E-state index contributed by atoms with van der Waals surface area (Å²) in [6, 6.07) is 9.17. The number of methoxy groups -OCH3 is 3. The first-order valence-electron chi connectivity index (χ1n) is 8.83. The minimum atomic E-state index is -4.13. The molecule has 0 heterocycles. The average molecular weight is 423 g/mol. The smallest absolute Gasteiger partial charge is 0.326 e. The molecular weight excluding hydrogens is 398 g/mol. The minimum absolute atomic E-state index is 0.00460. The van der Waals surface area contributed by atoms with Gasteiger partial charge in [-0.25, -0.2) is 8.42 Å². The molecular formula is C20H25NO7S. The number of sulfonamides is 1. The van der Waals surface area contributed by atoms with E-state index >= 15 is 0 Å².